The molecule has 3 fully saturated rings. The van der Waals surface area contributed by atoms with Gasteiger partial charge in [-0.15, -0.1) is 0 Å². The molecule has 4 rings (SSSR count). The van der Waals surface area contributed by atoms with Crippen LogP contribution in [0, 0.1) is 23.7 Å². The molecule has 0 spiro atoms. The number of hydrogen-bond donors (Lipinski definition) is 0. The van der Waals surface area contributed by atoms with Gasteiger partial charge in [0, 0.05) is 26.2 Å². The standard InChI is InChI=1S/C20H34N2/c1-21(2)11-12-22-13-19-17-9-5-3-7-15(17)16-8-4-6-10-18(16)20(19)14-22/h17-20H,3-14H2,1-2H3/t17-,18-,19-,20+/m0/s1. The van der Waals surface area contributed by atoms with Crippen LogP contribution in [0.15, 0.2) is 11.1 Å². The zero-order valence-corrected chi connectivity index (χ0v) is 14.7. The van der Waals surface area contributed by atoms with Crippen LogP contribution in [0.4, 0.5) is 0 Å². The van der Waals surface area contributed by atoms with Crippen LogP contribution in [0.1, 0.15) is 51.4 Å². The first-order valence-corrected chi connectivity index (χ1v) is 9.83. The molecule has 0 aromatic heterocycles. The molecule has 0 unspecified atom stereocenters. The molecular weight excluding hydrogens is 268 g/mol. The molecule has 2 saturated carbocycles. The first kappa shape index (κ1) is 15.2. The molecule has 2 nitrogen and oxygen atoms in total. The molecule has 4 atom stereocenters. The van der Waals surface area contributed by atoms with Crippen molar-refractivity contribution in [3.05, 3.63) is 11.1 Å². The third kappa shape index (κ3) is 2.67. The Labute approximate surface area is 136 Å². The van der Waals surface area contributed by atoms with Crippen LogP contribution in [0.5, 0.6) is 0 Å². The summed E-state index contributed by atoms with van der Waals surface area (Å²) in [5.41, 5.74) is 3.96. The Morgan fingerprint density at radius 1 is 0.864 bits per heavy atom. The summed E-state index contributed by atoms with van der Waals surface area (Å²) in [4.78, 5) is 5.15. The van der Waals surface area contributed by atoms with Crippen LogP contribution >= 0.6 is 0 Å². The Hall–Kier alpha value is -0.340. The van der Waals surface area contributed by atoms with Crippen molar-refractivity contribution in [2.75, 3.05) is 40.3 Å². The smallest absolute Gasteiger partial charge is 0.0109 e. The highest BCUT2D eigenvalue weighted by atomic mass is 15.2. The van der Waals surface area contributed by atoms with Crippen molar-refractivity contribution in [3.8, 4) is 0 Å². The van der Waals surface area contributed by atoms with Gasteiger partial charge in [-0.1, -0.05) is 24.0 Å². The topological polar surface area (TPSA) is 6.48 Å². The molecule has 0 N–H and O–H groups in total. The van der Waals surface area contributed by atoms with Crippen LogP contribution in [0.3, 0.4) is 0 Å². The Morgan fingerprint density at radius 2 is 1.41 bits per heavy atom. The number of hydrogen-bond acceptors (Lipinski definition) is 2. The molecule has 1 aliphatic heterocycles. The fourth-order valence-corrected chi connectivity index (χ4v) is 6.14. The Balaban J connectivity index is 1.55. The van der Waals surface area contributed by atoms with E-state index >= 15 is 0 Å². The van der Waals surface area contributed by atoms with Gasteiger partial charge in [0.05, 0.1) is 0 Å². The number of nitrogens with zero attached hydrogens (tertiary/aromatic N) is 2. The summed E-state index contributed by atoms with van der Waals surface area (Å²) in [5.74, 6) is 3.97. The van der Waals surface area contributed by atoms with Crippen LogP contribution in [-0.4, -0.2) is 50.1 Å². The van der Waals surface area contributed by atoms with E-state index in [-0.39, 0.29) is 0 Å². The van der Waals surface area contributed by atoms with Gasteiger partial charge < -0.3 is 9.80 Å². The highest BCUT2D eigenvalue weighted by molar-refractivity contribution is 5.29. The summed E-state index contributed by atoms with van der Waals surface area (Å²) in [6, 6.07) is 0. The third-order valence-corrected chi connectivity index (χ3v) is 7.12. The monoisotopic (exact) mass is 302 g/mol. The van der Waals surface area contributed by atoms with E-state index in [9.17, 15) is 0 Å². The number of rotatable bonds is 3. The van der Waals surface area contributed by atoms with Gasteiger partial charge in [0.2, 0.25) is 0 Å². The fraction of sp³-hybridized carbons (Fsp3) is 0.900. The molecule has 4 aliphatic rings. The molecule has 0 aromatic rings. The Kier molecular flexibility index (Phi) is 4.34. The predicted molar refractivity (Wildman–Crippen MR) is 92.9 cm³/mol. The second-order valence-electron chi connectivity index (χ2n) is 8.65. The van der Waals surface area contributed by atoms with Crippen molar-refractivity contribution in [2.45, 2.75) is 51.4 Å². The molecule has 0 bridgehead atoms. The van der Waals surface area contributed by atoms with Crippen LogP contribution in [0.25, 0.3) is 0 Å². The molecule has 2 heteroatoms. The first-order chi connectivity index (χ1) is 10.7. The van der Waals surface area contributed by atoms with Gasteiger partial charge in [-0.3, -0.25) is 0 Å². The molecule has 1 heterocycles. The highest BCUT2D eigenvalue weighted by Gasteiger charge is 2.48. The second-order valence-corrected chi connectivity index (χ2v) is 8.65. The lowest BCUT2D eigenvalue weighted by atomic mass is 9.58. The second kappa shape index (κ2) is 6.28. The van der Waals surface area contributed by atoms with E-state index in [1.54, 1.807) is 0 Å². The summed E-state index contributed by atoms with van der Waals surface area (Å²) in [5, 5.41) is 0. The molecule has 22 heavy (non-hydrogen) atoms. The quantitative estimate of drug-likeness (QED) is 0.732. The SMILES string of the molecule is CN(C)CCN1C[C@@H]2[C@H](C1)[C@H]1CCCCC1=C1CCCC[C@@H]12. The zero-order chi connectivity index (χ0) is 15.1. The minimum absolute atomic E-state index is 0.979. The van der Waals surface area contributed by atoms with E-state index in [1.165, 1.54) is 77.5 Å². The summed E-state index contributed by atoms with van der Waals surface area (Å²) in [6.07, 6.45) is 11.9. The summed E-state index contributed by atoms with van der Waals surface area (Å²) >= 11 is 0. The van der Waals surface area contributed by atoms with E-state index < -0.39 is 0 Å². The Morgan fingerprint density at radius 3 is 1.91 bits per heavy atom. The van der Waals surface area contributed by atoms with Crippen molar-refractivity contribution >= 4 is 0 Å². The van der Waals surface area contributed by atoms with Gasteiger partial charge in [-0.25, -0.2) is 0 Å². The van der Waals surface area contributed by atoms with E-state index in [1.807, 2.05) is 11.1 Å². The van der Waals surface area contributed by atoms with Crippen molar-refractivity contribution in [3.63, 3.8) is 0 Å². The van der Waals surface area contributed by atoms with Crippen LogP contribution in [0.2, 0.25) is 0 Å². The third-order valence-electron chi connectivity index (χ3n) is 7.12. The highest BCUT2D eigenvalue weighted by Crippen LogP contribution is 2.54. The van der Waals surface area contributed by atoms with Gasteiger partial charge in [0.25, 0.3) is 0 Å². The largest absolute Gasteiger partial charge is 0.308 e. The molecular formula is C20H34N2. The molecule has 124 valence electrons. The summed E-state index contributed by atoms with van der Waals surface area (Å²) < 4.78 is 0. The number of likely N-dealkylation sites (N-methyl/N-ethyl adjacent to an activating group) is 1. The average molecular weight is 303 g/mol. The lowest BCUT2D eigenvalue weighted by Gasteiger charge is -2.46. The number of likely N-dealkylation sites (tertiary alicyclic amines) is 1. The fourth-order valence-electron chi connectivity index (χ4n) is 6.14. The van der Waals surface area contributed by atoms with Crippen molar-refractivity contribution in [2.24, 2.45) is 23.7 Å². The maximum atomic E-state index is 2.80. The van der Waals surface area contributed by atoms with Crippen LogP contribution < -0.4 is 0 Å². The molecule has 1 saturated heterocycles. The van der Waals surface area contributed by atoms with Gasteiger partial charge in [-0.2, -0.15) is 0 Å². The van der Waals surface area contributed by atoms with E-state index in [0.29, 0.717) is 0 Å². The minimum atomic E-state index is 0.979. The molecule has 0 amide bonds. The van der Waals surface area contributed by atoms with Gasteiger partial charge >= 0.3 is 0 Å². The maximum Gasteiger partial charge on any atom is 0.0109 e. The summed E-state index contributed by atoms with van der Waals surface area (Å²) in [7, 11) is 4.42. The number of fused-ring (bicyclic) bond motifs is 5. The summed E-state index contributed by atoms with van der Waals surface area (Å²) in [6.45, 7) is 5.30. The average Bonchev–Trinajstić information content (AvgIpc) is 2.98. The van der Waals surface area contributed by atoms with Gasteiger partial charge in [0.15, 0.2) is 0 Å². The number of allylic oxidation sites excluding steroid dienone is 2. The maximum absolute atomic E-state index is 2.80. The van der Waals surface area contributed by atoms with E-state index in [4.69, 9.17) is 0 Å². The normalized spacial score (nSPS) is 38.9. The zero-order valence-electron chi connectivity index (χ0n) is 14.7. The minimum Gasteiger partial charge on any atom is -0.308 e. The molecule has 0 radical (unpaired) electrons. The van der Waals surface area contributed by atoms with Crippen molar-refractivity contribution < 1.29 is 0 Å². The van der Waals surface area contributed by atoms with E-state index in [2.05, 4.69) is 23.9 Å². The lowest BCUT2D eigenvalue weighted by molar-refractivity contribution is 0.174. The molecule has 0 aromatic carbocycles. The van der Waals surface area contributed by atoms with Crippen molar-refractivity contribution in [1.29, 1.82) is 0 Å². The van der Waals surface area contributed by atoms with Crippen molar-refractivity contribution in [1.82, 2.24) is 9.80 Å². The van der Waals surface area contributed by atoms with Gasteiger partial charge in [-0.05, 0) is 76.3 Å². The predicted octanol–water partition coefficient (Wildman–Crippen LogP) is 3.79. The first-order valence-electron chi connectivity index (χ1n) is 9.83. The lowest BCUT2D eigenvalue weighted by Crippen LogP contribution is -2.38. The van der Waals surface area contributed by atoms with Gasteiger partial charge in [0.1, 0.15) is 0 Å². The van der Waals surface area contributed by atoms with E-state index in [0.717, 1.165) is 23.7 Å². The molecule has 3 aliphatic carbocycles. The Bertz CT molecular complexity index is 405. The van der Waals surface area contributed by atoms with Crippen LogP contribution in [-0.2, 0) is 0 Å².